The van der Waals surface area contributed by atoms with Gasteiger partial charge in [-0.15, -0.1) is 0 Å². The number of nitrogen functional groups attached to an aromatic ring is 1. The smallest absolute Gasteiger partial charge is 0.407 e. The first-order chi connectivity index (χ1) is 13.2. The zero-order chi connectivity index (χ0) is 20.9. The number of nitrogens with two attached hydrogens (primary N) is 1. The number of nitrogens with zero attached hydrogens (tertiary/aromatic N) is 2. The molecule has 0 bridgehead atoms. The Morgan fingerprint density at radius 1 is 1.25 bits per heavy atom. The molecule has 9 nitrogen and oxygen atoms in total. The van der Waals surface area contributed by atoms with Crippen LogP contribution in [0.5, 0.6) is 5.75 Å². The van der Waals surface area contributed by atoms with Gasteiger partial charge in [0.05, 0.1) is 25.3 Å². The van der Waals surface area contributed by atoms with E-state index in [4.69, 9.17) is 19.9 Å². The van der Waals surface area contributed by atoms with Crippen LogP contribution in [-0.2, 0) is 16.0 Å². The number of ether oxygens (including phenoxy) is 3. The summed E-state index contributed by atoms with van der Waals surface area (Å²) in [7, 11) is 2.81. The van der Waals surface area contributed by atoms with Crippen LogP contribution in [0, 0.1) is 0 Å². The molecule has 0 unspecified atom stereocenters. The number of hydrogen-bond donors (Lipinski definition) is 2. The minimum Gasteiger partial charge on any atom is -0.494 e. The average molecular weight is 390 g/mol. The van der Waals surface area contributed by atoms with Crippen LogP contribution in [-0.4, -0.2) is 48.0 Å². The van der Waals surface area contributed by atoms with Crippen molar-refractivity contribution in [3.8, 4) is 5.75 Å². The average Bonchev–Trinajstić information content (AvgIpc) is 2.93. The van der Waals surface area contributed by atoms with Crippen molar-refractivity contribution in [2.75, 3.05) is 26.5 Å². The Labute approximate surface area is 163 Å². The lowest BCUT2D eigenvalue weighted by atomic mass is 10.2. The molecule has 1 heterocycles. The zero-order valence-corrected chi connectivity index (χ0v) is 16.7. The highest BCUT2D eigenvalue weighted by molar-refractivity contribution is 5.96. The fourth-order valence-electron chi connectivity index (χ4n) is 2.54. The number of allylic oxidation sites excluding steroid dienone is 1. The van der Waals surface area contributed by atoms with Crippen molar-refractivity contribution in [3.63, 3.8) is 0 Å². The van der Waals surface area contributed by atoms with Crippen LogP contribution < -0.4 is 15.8 Å². The zero-order valence-electron chi connectivity index (χ0n) is 16.7. The van der Waals surface area contributed by atoms with Gasteiger partial charge in [-0.05, 0) is 32.9 Å². The van der Waals surface area contributed by atoms with Gasteiger partial charge in [0.1, 0.15) is 16.9 Å². The number of fused-ring (bicyclic) bond motifs is 1. The lowest BCUT2D eigenvalue weighted by Crippen LogP contribution is -2.32. The third-order valence-electron chi connectivity index (χ3n) is 3.70. The van der Waals surface area contributed by atoms with Crippen LogP contribution in [0.1, 0.15) is 31.1 Å². The molecule has 2 rings (SSSR count). The maximum atomic E-state index is 11.8. The maximum absolute atomic E-state index is 11.8. The second kappa shape index (κ2) is 8.64. The minimum atomic E-state index is -0.544. The Hall–Kier alpha value is -3.23. The highest BCUT2D eigenvalue weighted by Crippen LogP contribution is 2.30. The highest BCUT2D eigenvalue weighted by atomic mass is 16.6. The van der Waals surface area contributed by atoms with E-state index in [1.807, 2.05) is 6.08 Å². The SMILES string of the molecule is COC(=O)c1cc(OC)c2c(c1)nc(N)n2CC=CCNC(=O)OC(C)(C)C. The first-order valence-electron chi connectivity index (χ1n) is 8.70. The Morgan fingerprint density at radius 3 is 2.57 bits per heavy atom. The van der Waals surface area contributed by atoms with Gasteiger partial charge in [-0.1, -0.05) is 12.2 Å². The predicted octanol–water partition coefficient (Wildman–Crippen LogP) is 2.49. The molecule has 0 spiro atoms. The Bertz CT molecular complexity index is 896. The van der Waals surface area contributed by atoms with Crippen molar-refractivity contribution in [1.82, 2.24) is 14.9 Å². The third-order valence-corrected chi connectivity index (χ3v) is 3.70. The van der Waals surface area contributed by atoms with Crippen molar-refractivity contribution in [3.05, 3.63) is 29.8 Å². The number of hydrogen-bond acceptors (Lipinski definition) is 7. The van der Waals surface area contributed by atoms with Gasteiger partial charge in [-0.3, -0.25) is 0 Å². The van der Waals surface area contributed by atoms with Crippen LogP contribution in [0.4, 0.5) is 10.7 Å². The fourth-order valence-corrected chi connectivity index (χ4v) is 2.54. The van der Waals surface area contributed by atoms with Crippen molar-refractivity contribution in [1.29, 1.82) is 0 Å². The number of imidazole rings is 1. The van der Waals surface area contributed by atoms with E-state index in [1.165, 1.54) is 14.2 Å². The van der Waals surface area contributed by atoms with E-state index in [-0.39, 0.29) is 5.95 Å². The van der Waals surface area contributed by atoms with E-state index in [0.29, 0.717) is 35.4 Å². The number of benzene rings is 1. The number of nitrogens with one attached hydrogen (secondary N) is 1. The Kier molecular flexibility index (Phi) is 6.50. The molecule has 0 aliphatic rings. The van der Waals surface area contributed by atoms with E-state index < -0.39 is 17.7 Å². The fraction of sp³-hybridized carbons (Fsp3) is 0.421. The number of carbonyl (C=O) groups is 2. The second-order valence-corrected chi connectivity index (χ2v) is 6.97. The van der Waals surface area contributed by atoms with Gasteiger partial charge < -0.3 is 29.8 Å². The van der Waals surface area contributed by atoms with Gasteiger partial charge in [0.2, 0.25) is 5.95 Å². The number of amides is 1. The lowest BCUT2D eigenvalue weighted by molar-refractivity contribution is 0.0532. The summed E-state index contributed by atoms with van der Waals surface area (Å²) in [5, 5.41) is 2.64. The van der Waals surface area contributed by atoms with E-state index >= 15 is 0 Å². The summed E-state index contributed by atoms with van der Waals surface area (Å²) in [5.41, 5.74) is 7.00. The van der Waals surface area contributed by atoms with Crippen LogP contribution in [0.25, 0.3) is 11.0 Å². The topological polar surface area (TPSA) is 118 Å². The summed E-state index contributed by atoms with van der Waals surface area (Å²) in [6.07, 6.45) is 3.13. The lowest BCUT2D eigenvalue weighted by Gasteiger charge is -2.19. The summed E-state index contributed by atoms with van der Waals surface area (Å²) in [6.45, 7) is 6.12. The molecule has 0 aliphatic carbocycles. The summed E-state index contributed by atoms with van der Waals surface area (Å²) in [4.78, 5) is 27.7. The molecule has 2 aromatic rings. The van der Waals surface area contributed by atoms with Gasteiger partial charge >= 0.3 is 12.1 Å². The molecular formula is C19H26N4O5. The number of anilines is 1. The van der Waals surface area contributed by atoms with E-state index in [1.54, 1.807) is 43.5 Å². The Morgan fingerprint density at radius 2 is 1.96 bits per heavy atom. The van der Waals surface area contributed by atoms with E-state index in [2.05, 4.69) is 10.3 Å². The van der Waals surface area contributed by atoms with Gasteiger partial charge in [-0.25, -0.2) is 14.6 Å². The number of carbonyl (C=O) groups excluding carboxylic acids is 2. The summed E-state index contributed by atoms with van der Waals surface area (Å²) in [5.74, 6) is 0.254. The molecule has 1 aromatic heterocycles. The molecule has 0 fully saturated rings. The van der Waals surface area contributed by atoms with Crippen LogP contribution in [0.15, 0.2) is 24.3 Å². The summed E-state index contributed by atoms with van der Waals surface area (Å²) >= 11 is 0. The number of methoxy groups -OCH3 is 2. The second-order valence-electron chi connectivity index (χ2n) is 6.97. The van der Waals surface area contributed by atoms with E-state index in [0.717, 1.165) is 0 Å². The van der Waals surface area contributed by atoms with Crippen LogP contribution in [0.3, 0.4) is 0 Å². The quantitative estimate of drug-likeness (QED) is 0.575. The van der Waals surface area contributed by atoms with Crippen molar-refractivity contribution in [2.24, 2.45) is 0 Å². The van der Waals surface area contributed by atoms with Gasteiger partial charge in [0, 0.05) is 13.1 Å². The molecule has 1 aromatic carbocycles. The molecule has 1 amide bonds. The number of aromatic nitrogens is 2. The first kappa shape index (κ1) is 21.1. The van der Waals surface area contributed by atoms with Gasteiger partial charge in [0.15, 0.2) is 0 Å². The summed E-state index contributed by atoms with van der Waals surface area (Å²) < 4.78 is 17.1. The van der Waals surface area contributed by atoms with Gasteiger partial charge in [0.25, 0.3) is 0 Å². The molecule has 28 heavy (non-hydrogen) atoms. The monoisotopic (exact) mass is 390 g/mol. The standard InChI is InChI=1S/C19H26N4O5/c1-19(2,3)28-18(25)21-8-6-7-9-23-15-13(22-17(23)20)10-12(16(24)27-5)11-14(15)26-4/h6-7,10-11H,8-9H2,1-5H3,(H2,20,22)(H,21,25). The predicted molar refractivity (Wildman–Crippen MR) is 105 cm³/mol. The van der Waals surface area contributed by atoms with Crippen LogP contribution in [0.2, 0.25) is 0 Å². The molecule has 0 saturated heterocycles. The molecule has 0 aliphatic heterocycles. The van der Waals surface area contributed by atoms with Crippen molar-refractivity contribution in [2.45, 2.75) is 32.9 Å². The molecule has 152 valence electrons. The molecule has 9 heteroatoms. The third kappa shape index (κ3) is 5.15. The normalized spacial score (nSPS) is 11.6. The largest absolute Gasteiger partial charge is 0.494 e. The number of esters is 1. The molecule has 0 saturated carbocycles. The van der Waals surface area contributed by atoms with Crippen molar-refractivity contribution < 1.29 is 23.8 Å². The molecule has 3 N–H and O–H groups in total. The number of rotatable bonds is 6. The highest BCUT2D eigenvalue weighted by Gasteiger charge is 2.17. The minimum absolute atomic E-state index is 0.278. The molecular weight excluding hydrogens is 364 g/mol. The van der Waals surface area contributed by atoms with Crippen molar-refractivity contribution >= 4 is 29.0 Å². The van der Waals surface area contributed by atoms with E-state index in [9.17, 15) is 9.59 Å². The molecule has 0 radical (unpaired) electrons. The first-order valence-corrected chi connectivity index (χ1v) is 8.70. The van der Waals surface area contributed by atoms with Gasteiger partial charge in [-0.2, -0.15) is 0 Å². The number of alkyl carbamates (subject to hydrolysis) is 1. The van der Waals surface area contributed by atoms with Crippen LogP contribution >= 0.6 is 0 Å². The summed E-state index contributed by atoms with van der Waals surface area (Å²) in [6, 6.07) is 3.18. The Balaban J connectivity index is 2.13. The molecule has 0 atom stereocenters. The maximum Gasteiger partial charge on any atom is 0.407 e.